The molecule has 0 aromatic heterocycles. The summed E-state index contributed by atoms with van der Waals surface area (Å²) in [6.07, 6.45) is 0. The molecule has 1 fully saturated rings. The molecule has 3 rings (SSSR count). The lowest BCUT2D eigenvalue weighted by molar-refractivity contribution is -0.140. The van der Waals surface area contributed by atoms with E-state index >= 15 is 0 Å². The zero-order valence-electron chi connectivity index (χ0n) is 18.8. The highest BCUT2D eigenvalue weighted by Crippen LogP contribution is 2.43. The van der Waals surface area contributed by atoms with E-state index in [4.69, 9.17) is 18.9 Å². The van der Waals surface area contributed by atoms with Gasteiger partial charge >= 0.3 is 0 Å². The van der Waals surface area contributed by atoms with Crippen molar-refractivity contribution in [2.75, 3.05) is 41.6 Å². The number of hydrogen-bond donors (Lipinski definition) is 1. The van der Waals surface area contributed by atoms with Gasteiger partial charge in [0.2, 0.25) is 0 Å². The summed E-state index contributed by atoms with van der Waals surface area (Å²) < 4.78 is 21.2. The molecular weight excluding hydrogens is 414 g/mol. The zero-order valence-corrected chi connectivity index (χ0v) is 18.8. The van der Waals surface area contributed by atoms with E-state index in [1.807, 2.05) is 6.92 Å². The number of benzene rings is 2. The van der Waals surface area contributed by atoms with Crippen molar-refractivity contribution in [3.8, 4) is 17.2 Å². The van der Waals surface area contributed by atoms with E-state index in [1.54, 1.807) is 43.5 Å². The Morgan fingerprint density at radius 1 is 0.969 bits per heavy atom. The summed E-state index contributed by atoms with van der Waals surface area (Å²) >= 11 is 0. The fourth-order valence-electron chi connectivity index (χ4n) is 3.85. The minimum atomic E-state index is -0.853. The molecule has 1 heterocycles. The number of aliphatic hydroxyl groups is 1. The quantitative estimate of drug-likeness (QED) is 0.382. The van der Waals surface area contributed by atoms with E-state index in [0.717, 1.165) is 5.56 Å². The van der Waals surface area contributed by atoms with Gasteiger partial charge in [-0.3, -0.25) is 9.59 Å². The van der Waals surface area contributed by atoms with Crippen molar-refractivity contribution in [1.29, 1.82) is 0 Å². The summed E-state index contributed by atoms with van der Waals surface area (Å²) in [7, 11) is 6.09. The summed E-state index contributed by atoms with van der Waals surface area (Å²) in [6.45, 7) is 2.22. The Kier molecular flexibility index (Phi) is 7.05. The van der Waals surface area contributed by atoms with Crippen LogP contribution in [0.3, 0.4) is 0 Å². The van der Waals surface area contributed by atoms with E-state index in [1.165, 1.54) is 26.2 Å². The van der Waals surface area contributed by atoms with Gasteiger partial charge in [-0.05, 0) is 42.8 Å². The number of aryl methyl sites for hydroxylation is 1. The molecule has 8 nitrogen and oxygen atoms in total. The molecule has 0 bridgehead atoms. The highest BCUT2D eigenvalue weighted by Gasteiger charge is 2.47. The van der Waals surface area contributed by atoms with Crippen LogP contribution in [-0.2, 0) is 14.3 Å². The first-order valence-corrected chi connectivity index (χ1v) is 10.0. The molecule has 170 valence electrons. The highest BCUT2D eigenvalue weighted by atomic mass is 16.5. The monoisotopic (exact) mass is 441 g/mol. The van der Waals surface area contributed by atoms with Crippen LogP contribution >= 0.6 is 0 Å². The van der Waals surface area contributed by atoms with E-state index in [0.29, 0.717) is 28.4 Å². The summed E-state index contributed by atoms with van der Waals surface area (Å²) in [6, 6.07) is 9.31. The van der Waals surface area contributed by atoms with Crippen LogP contribution in [0.25, 0.3) is 5.76 Å². The molecule has 1 amide bonds. The molecule has 1 atom stereocenters. The summed E-state index contributed by atoms with van der Waals surface area (Å²) in [5.74, 6) is -0.111. The van der Waals surface area contributed by atoms with Crippen LogP contribution in [0.5, 0.6) is 17.2 Å². The van der Waals surface area contributed by atoms with Crippen molar-refractivity contribution in [3.63, 3.8) is 0 Å². The second-order valence-corrected chi connectivity index (χ2v) is 7.28. The average Bonchev–Trinajstić information content (AvgIpc) is 3.06. The Bertz CT molecular complexity index is 1060. The van der Waals surface area contributed by atoms with E-state index in [9.17, 15) is 14.7 Å². The van der Waals surface area contributed by atoms with Gasteiger partial charge in [0.1, 0.15) is 23.0 Å². The molecule has 2 aromatic carbocycles. The van der Waals surface area contributed by atoms with E-state index < -0.39 is 17.7 Å². The predicted octanol–water partition coefficient (Wildman–Crippen LogP) is 3.09. The summed E-state index contributed by atoms with van der Waals surface area (Å²) in [4.78, 5) is 27.4. The molecule has 1 N–H and O–H groups in total. The van der Waals surface area contributed by atoms with Crippen LogP contribution in [0.2, 0.25) is 0 Å². The number of hydrogen-bond acceptors (Lipinski definition) is 7. The van der Waals surface area contributed by atoms with E-state index in [-0.39, 0.29) is 24.5 Å². The molecule has 1 aliphatic rings. The fraction of sp³-hybridized carbons (Fsp3) is 0.333. The van der Waals surface area contributed by atoms with Crippen LogP contribution in [0, 0.1) is 6.92 Å². The minimum Gasteiger partial charge on any atom is -0.507 e. The molecule has 1 saturated heterocycles. The second kappa shape index (κ2) is 9.74. The first kappa shape index (κ1) is 23.1. The predicted molar refractivity (Wildman–Crippen MR) is 118 cm³/mol. The van der Waals surface area contributed by atoms with Gasteiger partial charge < -0.3 is 29.0 Å². The first-order valence-electron chi connectivity index (χ1n) is 10.0. The molecular formula is C24H27NO7. The van der Waals surface area contributed by atoms with Crippen molar-refractivity contribution in [1.82, 2.24) is 4.90 Å². The van der Waals surface area contributed by atoms with Crippen molar-refractivity contribution in [2.24, 2.45) is 0 Å². The Morgan fingerprint density at radius 3 is 2.28 bits per heavy atom. The number of carbonyl (C=O) groups excluding carboxylic acids is 2. The van der Waals surface area contributed by atoms with Gasteiger partial charge in [0, 0.05) is 30.8 Å². The molecule has 0 aliphatic carbocycles. The standard InChI is InChI=1S/C24H27NO7/c1-14-12-15(6-9-18(14)31-4)22(26)20-21(25(10-11-29-2)24(28)23(20)27)17-8-7-16(30-3)13-19(17)32-5/h6-9,12-13,21,26H,10-11H2,1-5H3. The van der Waals surface area contributed by atoms with Crippen molar-refractivity contribution < 1.29 is 33.6 Å². The number of methoxy groups -OCH3 is 4. The lowest BCUT2D eigenvalue weighted by Crippen LogP contribution is -2.32. The second-order valence-electron chi connectivity index (χ2n) is 7.28. The van der Waals surface area contributed by atoms with Crippen LogP contribution in [-0.4, -0.2) is 63.3 Å². The van der Waals surface area contributed by atoms with Gasteiger partial charge in [0.15, 0.2) is 0 Å². The molecule has 1 unspecified atom stereocenters. The number of amides is 1. The number of nitrogens with zero attached hydrogens (tertiary/aromatic N) is 1. The lowest BCUT2D eigenvalue weighted by Gasteiger charge is -2.26. The lowest BCUT2D eigenvalue weighted by atomic mass is 9.94. The van der Waals surface area contributed by atoms with Crippen molar-refractivity contribution >= 4 is 17.4 Å². The van der Waals surface area contributed by atoms with Crippen LogP contribution in [0.1, 0.15) is 22.7 Å². The Morgan fingerprint density at radius 2 is 1.69 bits per heavy atom. The third kappa shape index (κ3) is 4.13. The van der Waals surface area contributed by atoms with Gasteiger partial charge in [-0.15, -0.1) is 0 Å². The topological polar surface area (TPSA) is 94.5 Å². The van der Waals surface area contributed by atoms with Gasteiger partial charge in [-0.1, -0.05) is 0 Å². The maximum absolute atomic E-state index is 13.1. The highest BCUT2D eigenvalue weighted by molar-refractivity contribution is 6.46. The normalized spacial score (nSPS) is 17.5. The number of Topliss-reactive ketones (excluding diaryl/α,β-unsaturated/α-hetero) is 1. The number of ketones is 1. The Balaban J connectivity index is 2.22. The first-order chi connectivity index (χ1) is 15.4. The summed E-state index contributed by atoms with van der Waals surface area (Å²) in [5, 5.41) is 11.2. The van der Waals surface area contributed by atoms with Gasteiger partial charge in [-0.25, -0.2) is 0 Å². The molecule has 2 aromatic rings. The Hall–Kier alpha value is -3.52. The average molecular weight is 441 g/mol. The zero-order chi connectivity index (χ0) is 23.4. The molecule has 32 heavy (non-hydrogen) atoms. The number of ether oxygens (including phenoxy) is 4. The van der Waals surface area contributed by atoms with Gasteiger partial charge in [-0.2, -0.15) is 0 Å². The summed E-state index contributed by atoms with van der Waals surface area (Å²) in [5.41, 5.74) is 1.73. The molecule has 0 saturated carbocycles. The largest absolute Gasteiger partial charge is 0.507 e. The molecule has 8 heteroatoms. The van der Waals surface area contributed by atoms with Crippen LogP contribution in [0.4, 0.5) is 0 Å². The fourth-order valence-corrected chi connectivity index (χ4v) is 3.85. The third-order valence-electron chi connectivity index (χ3n) is 5.48. The minimum absolute atomic E-state index is 0.0147. The number of aliphatic hydroxyl groups excluding tert-OH is 1. The molecule has 1 aliphatic heterocycles. The number of carbonyl (C=O) groups is 2. The molecule has 0 radical (unpaired) electrons. The van der Waals surface area contributed by atoms with Crippen molar-refractivity contribution in [2.45, 2.75) is 13.0 Å². The van der Waals surface area contributed by atoms with Crippen molar-refractivity contribution in [3.05, 3.63) is 58.7 Å². The third-order valence-corrected chi connectivity index (χ3v) is 5.48. The number of rotatable bonds is 8. The maximum Gasteiger partial charge on any atom is 0.295 e. The molecule has 0 spiro atoms. The Labute approximate surface area is 187 Å². The van der Waals surface area contributed by atoms with Crippen LogP contribution in [0.15, 0.2) is 42.0 Å². The van der Waals surface area contributed by atoms with Crippen LogP contribution < -0.4 is 14.2 Å². The smallest absolute Gasteiger partial charge is 0.295 e. The SMILES string of the molecule is COCCN1C(=O)C(=O)C(=C(O)c2ccc(OC)c(C)c2)C1c1ccc(OC)cc1OC. The van der Waals surface area contributed by atoms with Gasteiger partial charge in [0.25, 0.3) is 11.7 Å². The number of likely N-dealkylation sites (tertiary alicyclic amines) is 1. The van der Waals surface area contributed by atoms with Gasteiger partial charge in [0.05, 0.1) is 39.6 Å². The van der Waals surface area contributed by atoms with E-state index in [2.05, 4.69) is 0 Å². The maximum atomic E-state index is 13.1.